The summed E-state index contributed by atoms with van der Waals surface area (Å²) < 4.78 is 91.6. The number of likely N-dealkylation sites (tertiary alicyclic amines) is 1. The van der Waals surface area contributed by atoms with E-state index in [1.807, 2.05) is 0 Å². The molecular weight excluding hydrogens is 292 g/mol. The van der Waals surface area contributed by atoms with Crippen LogP contribution in [0.2, 0.25) is 0 Å². The lowest BCUT2D eigenvalue weighted by atomic mass is 9.92. The number of anilines is 1. The van der Waals surface area contributed by atoms with Crippen molar-refractivity contribution in [2.75, 3.05) is 31.4 Å². The molecule has 0 saturated carbocycles. The van der Waals surface area contributed by atoms with Crippen LogP contribution in [0.15, 0.2) is 18.6 Å². The summed E-state index contributed by atoms with van der Waals surface area (Å²) in [6.45, 7) is -3.01. The highest BCUT2D eigenvalue weighted by molar-refractivity contribution is 5.87. The first kappa shape index (κ1) is 6.87. The lowest BCUT2D eigenvalue weighted by molar-refractivity contribution is -0.130. The van der Waals surface area contributed by atoms with Crippen molar-refractivity contribution < 1.29 is 19.9 Å². The lowest BCUT2D eigenvalue weighted by Crippen LogP contribution is -2.53. The monoisotopic (exact) mass is 323 g/mol. The number of aromatic amines is 1. The van der Waals surface area contributed by atoms with Gasteiger partial charge >= 0.3 is 5.91 Å². The zero-order valence-electron chi connectivity index (χ0n) is 23.3. The van der Waals surface area contributed by atoms with E-state index in [1.54, 1.807) is 0 Å². The summed E-state index contributed by atoms with van der Waals surface area (Å²) in [6.07, 6.45) is -2.61. The largest absolute Gasteiger partial charge is 0.354 e. The first-order valence-corrected chi connectivity index (χ1v) is 6.52. The highest BCUT2D eigenvalue weighted by atomic mass is 16.2. The molecule has 1 fully saturated rings. The molecule has 23 heavy (non-hydrogen) atoms. The van der Waals surface area contributed by atoms with Gasteiger partial charge in [-0.2, -0.15) is 0 Å². The highest BCUT2D eigenvalue weighted by Crippen LogP contribution is 2.28. The molecule has 0 radical (unpaired) electrons. The number of H-pyrrole nitrogens is 1. The van der Waals surface area contributed by atoms with Crippen LogP contribution in [0.4, 0.5) is 5.82 Å². The summed E-state index contributed by atoms with van der Waals surface area (Å²) >= 11 is 0. The maximum atomic E-state index is 12.9. The summed E-state index contributed by atoms with van der Waals surface area (Å²) in [5.41, 5.74) is 0.115. The van der Waals surface area contributed by atoms with Gasteiger partial charge in [-0.3, -0.25) is 4.79 Å². The van der Waals surface area contributed by atoms with Crippen molar-refractivity contribution >= 4 is 22.8 Å². The Balaban J connectivity index is 2.39. The molecule has 7 nitrogen and oxygen atoms in total. The van der Waals surface area contributed by atoms with Crippen molar-refractivity contribution in [3.63, 3.8) is 0 Å². The van der Waals surface area contributed by atoms with Crippen LogP contribution < -0.4 is 4.90 Å². The Morgan fingerprint density at radius 2 is 2.61 bits per heavy atom. The van der Waals surface area contributed by atoms with E-state index in [9.17, 15) is 4.79 Å². The number of aromatic nitrogens is 3. The third kappa shape index (κ3) is 2.84. The van der Waals surface area contributed by atoms with Gasteiger partial charge in [0.1, 0.15) is 21.9 Å². The maximum absolute atomic E-state index is 12.9. The predicted molar refractivity (Wildman–Crippen MR) is 87.9 cm³/mol. The lowest BCUT2D eigenvalue weighted by Gasteiger charge is -2.41. The van der Waals surface area contributed by atoms with E-state index >= 15 is 0 Å². The number of amides is 1. The maximum Gasteiger partial charge on any atom is 0.302 e. The minimum absolute atomic E-state index is 0.115. The van der Waals surface area contributed by atoms with Crippen molar-refractivity contribution in [1.82, 2.24) is 19.9 Å². The van der Waals surface area contributed by atoms with Gasteiger partial charge in [0.15, 0.2) is 0 Å². The third-order valence-electron chi connectivity index (χ3n) is 3.22. The van der Waals surface area contributed by atoms with E-state index in [1.165, 1.54) is 12.3 Å². The fourth-order valence-corrected chi connectivity index (χ4v) is 2.12. The van der Waals surface area contributed by atoms with Crippen LogP contribution in [0.3, 0.4) is 0 Å². The number of nitrogens with one attached hydrogen (secondary N) is 1. The first-order chi connectivity index (χ1) is 15.2. The van der Waals surface area contributed by atoms with Crippen molar-refractivity contribution in [2.45, 2.75) is 19.3 Å². The highest BCUT2D eigenvalue weighted by Gasteiger charge is 2.33. The van der Waals surface area contributed by atoms with Crippen molar-refractivity contribution in [1.29, 1.82) is 0 Å². The minimum atomic E-state index is -3.65. The average Bonchev–Trinajstić information content (AvgIpc) is 3.18. The summed E-state index contributed by atoms with van der Waals surface area (Å²) in [4.78, 5) is 26.1. The third-order valence-corrected chi connectivity index (χ3v) is 3.22. The number of hydrogen-bond donors (Lipinski definition) is 1. The Kier molecular flexibility index (Phi) is 1.87. The zero-order valence-corrected chi connectivity index (χ0v) is 12.3. The first-order valence-electron chi connectivity index (χ1n) is 12.0. The van der Waals surface area contributed by atoms with Gasteiger partial charge in [0.25, 0.3) is 6.50 Å². The molecule has 0 aromatic carbocycles. The molecule has 1 aliphatic heterocycles. The van der Waals surface area contributed by atoms with Crippen LogP contribution in [0.1, 0.15) is 28.4 Å². The van der Waals surface area contributed by atoms with E-state index in [0.717, 1.165) is 14.0 Å². The molecule has 2 aromatic rings. The van der Waals surface area contributed by atoms with Gasteiger partial charge in [0, 0.05) is 33.1 Å². The number of fused-ring (bicyclic) bond motifs is 1. The quantitative estimate of drug-likeness (QED) is 0.870. The summed E-state index contributed by atoms with van der Waals surface area (Å²) in [7, 11) is 1.06. The Morgan fingerprint density at radius 1 is 1.78 bits per heavy atom. The minimum Gasteiger partial charge on any atom is -0.354 e. The van der Waals surface area contributed by atoms with Crippen LogP contribution in [-0.4, -0.2) is 58.3 Å². The summed E-state index contributed by atoms with van der Waals surface area (Å²) in [6, 6.07) is -1.76. The molecule has 7 heteroatoms. The van der Waals surface area contributed by atoms with Gasteiger partial charge in [0.2, 0.25) is 0 Å². The van der Waals surface area contributed by atoms with Gasteiger partial charge in [0.05, 0.1) is 15.5 Å². The van der Waals surface area contributed by atoms with E-state index in [0.29, 0.717) is 4.90 Å². The second kappa shape index (κ2) is 6.24. The Bertz CT molecular complexity index is 1210. The van der Waals surface area contributed by atoms with E-state index < -0.39 is 54.9 Å². The molecule has 3 rings (SSSR count). The van der Waals surface area contributed by atoms with E-state index in [2.05, 4.69) is 19.8 Å². The topological polar surface area (TPSA) is 69.5 Å². The van der Waals surface area contributed by atoms with Gasteiger partial charge in [-0.15, -0.1) is 0 Å². The van der Waals surface area contributed by atoms with Gasteiger partial charge in [-0.1, -0.05) is 6.92 Å². The molecule has 1 saturated heterocycles. The second-order valence-corrected chi connectivity index (χ2v) is 4.63. The Morgan fingerprint density at radius 3 is 3.39 bits per heavy atom. The molecule has 1 N–H and O–H groups in total. The predicted octanol–water partition coefficient (Wildman–Crippen LogP) is 1.55. The van der Waals surface area contributed by atoms with Crippen LogP contribution >= 0.6 is 0 Å². The number of piperidine rings is 1. The molecule has 0 spiro atoms. The normalized spacial score (nSPS) is 41.8. The number of likely N-dealkylation sites (N-methyl/N-ethyl adjacent to an activating group) is 1. The Hall–Kier alpha value is -2.62. The smallest absolute Gasteiger partial charge is 0.302 e. The molecule has 0 bridgehead atoms. The molecule has 0 unspecified atom stereocenters. The SMILES string of the molecule is [2H]c1nc(N(C)[C@@]2([2H])C([2H])([2H])N(C(=O)C([2H])([2H])[N+]#[C-])C([2H])([2H])C([2H])([2H])[C@@]2([2H])C)c2cc[nH]c2n1. The van der Waals surface area contributed by atoms with Crippen LogP contribution in [-0.2, 0) is 4.79 Å². The van der Waals surface area contributed by atoms with Gasteiger partial charge < -0.3 is 19.6 Å². The van der Waals surface area contributed by atoms with Gasteiger partial charge in [-0.25, -0.2) is 16.5 Å². The number of carbonyl (C=O) groups is 1. The molecule has 2 aromatic heterocycles. The van der Waals surface area contributed by atoms with Gasteiger partial charge in [-0.05, 0) is 18.3 Å². The molecule has 2 atom stereocenters. The van der Waals surface area contributed by atoms with E-state index in [4.69, 9.17) is 21.7 Å². The average molecular weight is 323 g/mol. The zero-order chi connectivity index (χ0) is 26.3. The molecular formula is C16H20N6O. The van der Waals surface area contributed by atoms with Crippen LogP contribution in [0, 0.1) is 12.5 Å². The van der Waals surface area contributed by atoms with Crippen LogP contribution in [0.5, 0.6) is 0 Å². The molecule has 3 heterocycles. The summed E-state index contributed by atoms with van der Waals surface area (Å²) in [5, 5.41) is 0.167. The fraction of sp³-hybridized carbons (Fsp3) is 0.500. The van der Waals surface area contributed by atoms with Crippen molar-refractivity contribution in [3.05, 3.63) is 30.0 Å². The van der Waals surface area contributed by atoms with Crippen molar-refractivity contribution in [2.24, 2.45) is 5.89 Å². The summed E-state index contributed by atoms with van der Waals surface area (Å²) in [5.74, 6) is -5.30. The number of nitrogens with zero attached hydrogens (tertiary/aromatic N) is 5. The second-order valence-electron chi connectivity index (χ2n) is 4.63. The molecule has 0 aliphatic carbocycles. The number of hydrogen-bond acceptors (Lipinski definition) is 4. The molecule has 120 valence electrons. The molecule has 1 aliphatic rings. The standard InChI is InChI=1S/C16H20N6O/c1-11-5-7-22(14(23)8-17-2)9-13(11)21(3)16-12-4-6-18-15(12)19-10-20-16/h4,6,10-11,13H,5,7-9H2,1,3H3,(H,18,19,20)/t11-,13+/m1/s1/i5D2,7D2,8D2,9D2,10D,11D,13D. The number of rotatable bonds is 3. The fourth-order valence-electron chi connectivity index (χ4n) is 2.12. The molecule has 1 amide bonds. The Labute approximate surface area is 150 Å². The number of carbonyl (C=O) groups excluding carboxylic acids is 1. The van der Waals surface area contributed by atoms with Crippen molar-refractivity contribution in [3.8, 4) is 0 Å². The van der Waals surface area contributed by atoms with Crippen LogP contribution in [0.25, 0.3) is 15.9 Å². The van der Waals surface area contributed by atoms with E-state index in [-0.39, 0.29) is 16.9 Å².